The average molecular weight is 142 g/mol. The van der Waals surface area contributed by atoms with Gasteiger partial charge in [-0.15, -0.1) is 0 Å². The quantitative estimate of drug-likeness (QED) is 0.576. The molecule has 0 radical (unpaired) electrons. The summed E-state index contributed by atoms with van der Waals surface area (Å²) in [4.78, 5) is 0. The first-order chi connectivity index (χ1) is 4.86. The Kier molecular flexibility index (Phi) is 3.20. The van der Waals surface area contributed by atoms with Gasteiger partial charge >= 0.3 is 0 Å². The summed E-state index contributed by atoms with van der Waals surface area (Å²) in [6.45, 7) is 2.28. The highest BCUT2D eigenvalue weighted by Crippen LogP contribution is 2.27. The van der Waals surface area contributed by atoms with Crippen LogP contribution in [0.3, 0.4) is 0 Å². The third kappa shape index (κ3) is 1.98. The van der Waals surface area contributed by atoms with Crippen molar-refractivity contribution >= 4 is 0 Å². The first kappa shape index (κ1) is 8.06. The van der Waals surface area contributed by atoms with Crippen molar-refractivity contribution in [2.45, 2.75) is 45.1 Å². The maximum Gasteiger partial charge on any atom is 0.0574 e. The lowest BCUT2D eigenvalue weighted by molar-refractivity contribution is 0.0500. The fourth-order valence-corrected chi connectivity index (χ4v) is 1.83. The molecule has 0 saturated heterocycles. The van der Waals surface area contributed by atoms with E-state index in [9.17, 15) is 0 Å². The van der Waals surface area contributed by atoms with Crippen molar-refractivity contribution in [2.75, 3.05) is 7.11 Å². The number of rotatable bonds is 2. The highest BCUT2D eigenvalue weighted by molar-refractivity contribution is 4.71. The van der Waals surface area contributed by atoms with Crippen LogP contribution in [0.1, 0.15) is 39.0 Å². The van der Waals surface area contributed by atoms with Crippen molar-refractivity contribution in [1.82, 2.24) is 0 Å². The predicted molar refractivity (Wildman–Crippen MR) is 43.0 cm³/mol. The van der Waals surface area contributed by atoms with Crippen LogP contribution in [0, 0.1) is 5.92 Å². The van der Waals surface area contributed by atoms with Gasteiger partial charge in [-0.05, 0) is 18.8 Å². The van der Waals surface area contributed by atoms with Gasteiger partial charge in [0.15, 0.2) is 0 Å². The van der Waals surface area contributed by atoms with Gasteiger partial charge in [0.1, 0.15) is 0 Å². The fourth-order valence-electron chi connectivity index (χ4n) is 1.83. The van der Waals surface area contributed by atoms with Crippen molar-refractivity contribution in [3.8, 4) is 0 Å². The molecule has 1 nitrogen and oxygen atoms in total. The summed E-state index contributed by atoms with van der Waals surface area (Å²) in [5.74, 6) is 0.943. The Morgan fingerprint density at radius 2 is 2.20 bits per heavy atom. The first-order valence-corrected chi connectivity index (χ1v) is 4.39. The molecule has 1 aliphatic carbocycles. The Balaban J connectivity index is 2.25. The van der Waals surface area contributed by atoms with Gasteiger partial charge in [-0.2, -0.15) is 0 Å². The van der Waals surface area contributed by atoms with Crippen molar-refractivity contribution in [1.29, 1.82) is 0 Å². The molecule has 0 unspecified atom stereocenters. The molecule has 0 spiro atoms. The van der Waals surface area contributed by atoms with Crippen LogP contribution in [0.15, 0.2) is 0 Å². The molecule has 1 saturated carbocycles. The molecule has 0 aromatic heterocycles. The molecule has 0 heterocycles. The lowest BCUT2D eigenvalue weighted by Gasteiger charge is -2.27. The third-order valence-electron chi connectivity index (χ3n) is 2.65. The molecule has 0 N–H and O–H groups in total. The highest BCUT2D eigenvalue weighted by atomic mass is 16.5. The van der Waals surface area contributed by atoms with Gasteiger partial charge in [-0.25, -0.2) is 0 Å². The fraction of sp³-hybridized carbons (Fsp3) is 1.00. The zero-order chi connectivity index (χ0) is 7.40. The monoisotopic (exact) mass is 142 g/mol. The summed E-state index contributed by atoms with van der Waals surface area (Å²) in [5.41, 5.74) is 0. The molecule has 1 aliphatic rings. The van der Waals surface area contributed by atoms with Crippen LogP contribution in [0.4, 0.5) is 0 Å². The lowest BCUT2D eigenvalue weighted by Crippen LogP contribution is -2.20. The molecule has 1 heteroatoms. The van der Waals surface area contributed by atoms with Gasteiger partial charge in [0.2, 0.25) is 0 Å². The van der Waals surface area contributed by atoms with E-state index in [1.165, 1.54) is 32.1 Å². The van der Waals surface area contributed by atoms with Crippen LogP contribution in [0.5, 0.6) is 0 Å². The van der Waals surface area contributed by atoms with E-state index in [0.717, 1.165) is 5.92 Å². The van der Waals surface area contributed by atoms with Crippen molar-refractivity contribution in [3.05, 3.63) is 0 Å². The van der Waals surface area contributed by atoms with Gasteiger partial charge in [-0.1, -0.05) is 26.2 Å². The minimum atomic E-state index is 0.568. The molecule has 2 atom stereocenters. The van der Waals surface area contributed by atoms with Gasteiger partial charge in [-0.3, -0.25) is 0 Å². The topological polar surface area (TPSA) is 9.23 Å². The van der Waals surface area contributed by atoms with E-state index >= 15 is 0 Å². The summed E-state index contributed by atoms with van der Waals surface area (Å²) in [5, 5.41) is 0. The molecule has 1 fully saturated rings. The van der Waals surface area contributed by atoms with Gasteiger partial charge in [0, 0.05) is 7.11 Å². The van der Waals surface area contributed by atoms with E-state index in [4.69, 9.17) is 4.74 Å². The zero-order valence-corrected chi connectivity index (χ0v) is 7.10. The van der Waals surface area contributed by atoms with E-state index in [1.807, 2.05) is 7.11 Å². The SMILES string of the molecule is CC[C@H]1CCC[C@H](OC)C1. The molecule has 1 rings (SSSR count). The molecule has 0 aliphatic heterocycles. The zero-order valence-electron chi connectivity index (χ0n) is 7.10. The second-order valence-electron chi connectivity index (χ2n) is 3.30. The summed E-state index contributed by atoms with van der Waals surface area (Å²) < 4.78 is 5.32. The maximum atomic E-state index is 5.32. The van der Waals surface area contributed by atoms with E-state index in [0.29, 0.717) is 6.10 Å². The Labute approximate surface area is 63.8 Å². The largest absolute Gasteiger partial charge is 0.381 e. The number of hydrogen-bond acceptors (Lipinski definition) is 1. The highest BCUT2D eigenvalue weighted by Gasteiger charge is 2.19. The van der Waals surface area contributed by atoms with Crippen molar-refractivity contribution in [3.63, 3.8) is 0 Å². The minimum absolute atomic E-state index is 0.568. The van der Waals surface area contributed by atoms with E-state index in [-0.39, 0.29) is 0 Å². The maximum absolute atomic E-state index is 5.32. The summed E-state index contributed by atoms with van der Waals surface area (Å²) >= 11 is 0. The molecule has 60 valence electrons. The van der Waals surface area contributed by atoms with Crippen LogP contribution < -0.4 is 0 Å². The Bertz CT molecular complexity index is 80.7. The average Bonchev–Trinajstić information content (AvgIpc) is 2.05. The molecule has 0 bridgehead atoms. The Morgan fingerprint density at radius 3 is 2.80 bits per heavy atom. The predicted octanol–water partition coefficient (Wildman–Crippen LogP) is 2.60. The van der Waals surface area contributed by atoms with E-state index in [2.05, 4.69) is 6.92 Å². The molecule has 0 amide bonds. The third-order valence-corrected chi connectivity index (χ3v) is 2.65. The molecule has 10 heavy (non-hydrogen) atoms. The molecule has 0 aromatic rings. The summed E-state index contributed by atoms with van der Waals surface area (Å²) in [7, 11) is 1.84. The first-order valence-electron chi connectivity index (χ1n) is 4.39. The van der Waals surface area contributed by atoms with Gasteiger partial charge in [0.05, 0.1) is 6.10 Å². The molecular formula is C9H18O. The van der Waals surface area contributed by atoms with E-state index < -0.39 is 0 Å². The second-order valence-corrected chi connectivity index (χ2v) is 3.30. The normalized spacial score (nSPS) is 34.2. The van der Waals surface area contributed by atoms with E-state index in [1.54, 1.807) is 0 Å². The Hall–Kier alpha value is -0.0400. The molecular weight excluding hydrogens is 124 g/mol. The Morgan fingerprint density at radius 1 is 1.40 bits per heavy atom. The van der Waals surface area contributed by atoms with Crippen LogP contribution in [0.2, 0.25) is 0 Å². The smallest absolute Gasteiger partial charge is 0.0574 e. The van der Waals surface area contributed by atoms with Crippen LogP contribution in [0.25, 0.3) is 0 Å². The minimum Gasteiger partial charge on any atom is -0.381 e. The summed E-state index contributed by atoms with van der Waals surface area (Å²) in [6, 6.07) is 0. The van der Waals surface area contributed by atoms with Crippen LogP contribution in [-0.2, 0) is 4.74 Å². The van der Waals surface area contributed by atoms with Crippen LogP contribution in [-0.4, -0.2) is 13.2 Å². The summed E-state index contributed by atoms with van der Waals surface area (Å²) in [6.07, 6.45) is 7.28. The van der Waals surface area contributed by atoms with Crippen LogP contribution >= 0.6 is 0 Å². The molecule has 0 aromatic carbocycles. The van der Waals surface area contributed by atoms with Gasteiger partial charge < -0.3 is 4.74 Å². The second kappa shape index (κ2) is 3.97. The standard InChI is InChI=1S/C9H18O/c1-3-8-5-4-6-9(7-8)10-2/h8-9H,3-7H2,1-2H3/t8-,9-/m0/s1. The number of ether oxygens (including phenoxy) is 1. The lowest BCUT2D eigenvalue weighted by atomic mass is 9.86. The van der Waals surface area contributed by atoms with Crippen molar-refractivity contribution in [2.24, 2.45) is 5.92 Å². The number of hydrogen-bond donors (Lipinski definition) is 0. The number of methoxy groups -OCH3 is 1. The van der Waals surface area contributed by atoms with Crippen molar-refractivity contribution < 1.29 is 4.74 Å². The van der Waals surface area contributed by atoms with Gasteiger partial charge in [0.25, 0.3) is 0 Å².